The average Bonchev–Trinajstić information content (AvgIpc) is 3.03. The molecule has 1 fully saturated rings. The predicted octanol–water partition coefficient (Wildman–Crippen LogP) is 3.31. The SMILES string of the molecule is CCCn1ccnc1CN1CCC(=O)N(Cc2ccccc2)[C@H](CC)C1. The number of hydrogen-bond acceptors (Lipinski definition) is 3. The average molecular weight is 354 g/mol. The zero-order valence-electron chi connectivity index (χ0n) is 16.0. The van der Waals surface area contributed by atoms with Gasteiger partial charge >= 0.3 is 0 Å². The lowest BCUT2D eigenvalue weighted by Crippen LogP contribution is -2.42. The number of hydrogen-bond donors (Lipinski definition) is 0. The normalized spacial score (nSPS) is 18.9. The van der Waals surface area contributed by atoms with E-state index in [4.69, 9.17) is 0 Å². The summed E-state index contributed by atoms with van der Waals surface area (Å²) in [5.41, 5.74) is 1.20. The van der Waals surface area contributed by atoms with Crippen LogP contribution in [0.2, 0.25) is 0 Å². The van der Waals surface area contributed by atoms with Gasteiger partial charge in [-0.3, -0.25) is 9.69 Å². The Hall–Kier alpha value is -2.14. The highest BCUT2D eigenvalue weighted by atomic mass is 16.2. The first-order valence-electron chi connectivity index (χ1n) is 9.77. The van der Waals surface area contributed by atoms with E-state index in [1.807, 2.05) is 24.4 Å². The molecule has 0 N–H and O–H groups in total. The topological polar surface area (TPSA) is 41.4 Å². The Kier molecular flexibility index (Phi) is 6.45. The zero-order chi connectivity index (χ0) is 18.4. The van der Waals surface area contributed by atoms with Crippen molar-refractivity contribution in [3.63, 3.8) is 0 Å². The molecule has 1 amide bonds. The van der Waals surface area contributed by atoms with Crippen LogP contribution < -0.4 is 0 Å². The van der Waals surface area contributed by atoms with Gasteiger partial charge in [-0.1, -0.05) is 44.2 Å². The van der Waals surface area contributed by atoms with Crippen LogP contribution in [0.3, 0.4) is 0 Å². The highest BCUT2D eigenvalue weighted by Crippen LogP contribution is 2.19. The molecular formula is C21H30N4O. The highest BCUT2D eigenvalue weighted by Gasteiger charge is 2.29. The molecule has 0 bridgehead atoms. The molecule has 5 heteroatoms. The first-order valence-corrected chi connectivity index (χ1v) is 9.77. The molecule has 2 heterocycles. The first-order chi connectivity index (χ1) is 12.7. The lowest BCUT2D eigenvalue weighted by atomic mass is 10.1. The number of aromatic nitrogens is 2. The van der Waals surface area contributed by atoms with Crippen LogP contribution in [0.15, 0.2) is 42.7 Å². The van der Waals surface area contributed by atoms with Crippen molar-refractivity contribution in [2.24, 2.45) is 0 Å². The molecule has 1 saturated heterocycles. The van der Waals surface area contributed by atoms with E-state index in [0.717, 1.165) is 44.8 Å². The highest BCUT2D eigenvalue weighted by molar-refractivity contribution is 5.77. The molecule has 1 atom stereocenters. The van der Waals surface area contributed by atoms with Gasteiger partial charge in [0.25, 0.3) is 0 Å². The number of amides is 1. The van der Waals surface area contributed by atoms with Crippen LogP contribution in [-0.2, 0) is 24.4 Å². The minimum absolute atomic E-state index is 0.250. The summed E-state index contributed by atoms with van der Waals surface area (Å²) in [4.78, 5) is 21.8. The van der Waals surface area contributed by atoms with Crippen LogP contribution in [0.25, 0.3) is 0 Å². The van der Waals surface area contributed by atoms with Gasteiger partial charge in [-0.2, -0.15) is 0 Å². The Bertz CT molecular complexity index is 697. The van der Waals surface area contributed by atoms with E-state index >= 15 is 0 Å². The summed E-state index contributed by atoms with van der Waals surface area (Å²) in [6, 6.07) is 10.6. The summed E-state index contributed by atoms with van der Waals surface area (Å²) in [6.07, 6.45) is 6.59. The maximum Gasteiger partial charge on any atom is 0.224 e. The number of nitrogens with zero attached hydrogens (tertiary/aromatic N) is 4. The monoisotopic (exact) mass is 354 g/mol. The van der Waals surface area contributed by atoms with Crippen LogP contribution in [0, 0.1) is 0 Å². The van der Waals surface area contributed by atoms with E-state index < -0.39 is 0 Å². The molecule has 5 nitrogen and oxygen atoms in total. The van der Waals surface area contributed by atoms with E-state index in [-0.39, 0.29) is 11.9 Å². The first kappa shape index (κ1) is 18.6. The van der Waals surface area contributed by atoms with Crippen LogP contribution >= 0.6 is 0 Å². The number of benzene rings is 1. The minimum atomic E-state index is 0.250. The van der Waals surface area contributed by atoms with E-state index in [9.17, 15) is 4.79 Å². The summed E-state index contributed by atoms with van der Waals surface area (Å²) in [5.74, 6) is 1.37. The Labute approximate surface area is 156 Å². The third-order valence-corrected chi connectivity index (χ3v) is 5.17. The van der Waals surface area contributed by atoms with Gasteiger partial charge in [0.15, 0.2) is 0 Å². The number of imidazole rings is 1. The van der Waals surface area contributed by atoms with Crippen molar-refractivity contribution < 1.29 is 4.79 Å². The maximum absolute atomic E-state index is 12.8. The van der Waals surface area contributed by atoms with Crippen molar-refractivity contribution in [2.75, 3.05) is 13.1 Å². The largest absolute Gasteiger partial charge is 0.334 e. The van der Waals surface area contributed by atoms with Crippen LogP contribution in [0.5, 0.6) is 0 Å². The number of rotatable bonds is 7. The van der Waals surface area contributed by atoms with Crippen molar-refractivity contribution in [1.82, 2.24) is 19.4 Å². The van der Waals surface area contributed by atoms with Crippen molar-refractivity contribution in [3.05, 3.63) is 54.1 Å². The number of carbonyl (C=O) groups is 1. The predicted molar refractivity (Wildman–Crippen MR) is 103 cm³/mol. The minimum Gasteiger partial charge on any atom is -0.334 e. The summed E-state index contributed by atoms with van der Waals surface area (Å²) >= 11 is 0. The third kappa shape index (κ3) is 4.52. The second-order valence-electron chi connectivity index (χ2n) is 7.09. The molecule has 0 aliphatic carbocycles. The smallest absolute Gasteiger partial charge is 0.224 e. The molecule has 26 heavy (non-hydrogen) atoms. The summed E-state index contributed by atoms with van der Waals surface area (Å²) in [5, 5.41) is 0. The Morgan fingerprint density at radius 1 is 1.15 bits per heavy atom. The van der Waals surface area contributed by atoms with Crippen molar-refractivity contribution in [2.45, 2.75) is 58.8 Å². The molecule has 1 aliphatic heterocycles. The molecule has 0 saturated carbocycles. The lowest BCUT2D eigenvalue weighted by molar-refractivity contribution is -0.133. The van der Waals surface area contributed by atoms with Gasteiger partial charge in [0.1, 0.15) is 5.82 Å². The van der Waals surface area contributed by atoms with Crippen molar-refractivity contribution in [1.29, 1.82) is 0 Å². The van der Waals surface area contributed by atoms with Crippen LogP contribution in [0.4, 0.5) is 0 Å². The molecule has 1 aromatic heterocycles. The molecular weight excluding hydrogens is 324 g/mol. The van der Waals surface area contributed by atoms with Gasteiger partial charge in [-0.05, 0) is 18.4 Å². The molecule has 0 unspecified atom stereocenters. The standard InChI is InChI=1S/C21H30N4O/c1-3-12-24-14-11-22-20(24)17-23-13-10-21(26)25(19(4-2)16-23)15-18-8-6-5-7-9-18/h5-9,11,14,19H,3-4,10,12-13,15-17H2,1-2H3/t19-/m1/s1. The summed E-state index contributed by atoms with van der Waals surface area (Å²) in [6.45, 7) is 8.60. The molecule has 3 rings (SSSR count). The van der Waals surface area contributed by atoms with Gasteiger partial charge in [-0.25, -0.2) is 4.98 Å². The third-order valence-electron chi connectivity index (χ3n) is 5.17. The maximum atomic E-state index is 12.8. The number of carbonyl (C=O) groups excluding carboxylic acids is 1. The van der Waals surface area contributed by atoms with E-state index in [1.165, 1.54) is 5.56 Å². The Morgan fingerprint density at radius 2 is 1.96 bits per heavy atom. The lowest BCUT2D eigenvalue weighted by Gasteiger charge is -2.31. The Balaban J connectivity index is 1.70. The van der Waals surface area contributed by atoms with Crippen LogP contribution in [0.1, 0.15) is 44.5 Å². The van der Waals surface area contributed by atoms with Gasteiger partial charge in [0, 0.05) is 51.0 Å². The summed E-state index contributed by atoms with van der Waals surface area (Å²) < 4.78 is 2.23. The summed E-state index contributed by atoms with van der Waals surface area (Å²) in [7, 11) is 0. The van der Waals surface area contributed by atoms with Crippen molar-refractivity contribution >= 4 is 5.91 Å². The number of aryl methyl sites for hydroxylation is 1. The quantitative estimate of drug-likeness (QED) is 0.766. The van der Waals surface area contributed by atoms with E-state index in [0.29, 0.717) is 13.0 Å². The molecule has 1 aliphatic rings. The molecule has 2 aromatic rings. The molecule has 0 radical (unpaired) electrons. The molecule has 0 spiro atoms. The van der Waals surface area contributed by atoms with Gasteiger partial charge < -0.3 is 9.47 Å². The second-order valence-corrected chi connectivity index (χ2v) is 7.09. The molecule has 1 aromatic carbocycles. The van der Waals surface area contributed by atoms with E-state index in [2.05, 4.69) is 51.5 Å². The zero-order valence-corrected chi connectivity index (χ0v) is 16.0. The van der Waals surface area contributed by atoms with Gasteiger partial charge in [-0.15, -0.1) is 0 Å². The van der Waals surface area contributed by atoms with Crippen LogP contribution in [-0.4, -0.2) is 44.4 Å². The Morgan fingerprint density at radius 3 is 2.69 bits per heavy atom. The second kappa shape index (κ2) is 8.99. The fraction of sp³-hybridized carbons (Fsp3) is 0.524. The fourth-order valence-corrected chi connectivity index (χ4v) is 3.72. The molecule has 140 valence electrons. The van der Waals surface area contributed by atoms with Gasteiger partial charge in [0.2, 0.25) is 5.91 Å². The van der Waals surface area contributed by atoms with Crippen molar-refractivity contribution in [3.8, 4) is 0 Å². The van der Waals surface area contributed by atoms with E-state index in [1.54, 1.807) is 0 Å². The fourth-order valence-electron chi connectivity index (χ4n) is 3.72. The van der Waals surface area contributed by atoms with Gasteiger partial charge in [0.05, 0.1) is 6.54 Å².